The molecular formula is C7H9F2NO4. The lowest BCUT2D eigenvalue weighted by molar-refractivity contribution is -0.143. The van der Waals surface area contributed by atoms with Crippen LogP contribution in [0.25, 0.3) is 0 Å². The van der Waals surface area contributed by atoms with Gasteiger partial charge in [0, 0.05) is 0 Å². The Morgan fingerprint density at radius 2 is 2.07 bits per heavy atom. The largest absolute Gasteiger partial charge is 0.481 e. The Kier molecular flexibility index (Phi) is 2.45. The number of methoxy groups -OCH3 is 1. The number of ether oxygens (including phenoxy) is 1. The van der Waals surface area contributed by atoms with E-state index in [1.165, 1.54) is 0 Å². The van der Waals surface area contributed by atoms with Crippen molar-refractivity contribution in [3.8, 4) is 0 Å². The SMILES string of the molecule is COC(=O)C(N)C1C(C(=O)O)C1(F)F. The van der Waals surface area contributed by atoms with Crippen LogP contribution in [0.5, 0.6) is 0 Å². The molecule has 0 spiro atoms. The first kappa shape index (κ1) is 10.8. The predicted molar refractivity (Wildman–Crippen MR) is 39.6 cm³/mol. The van der Waals surface area contributed by atoms with E-state index in [4.69, 9.17) is 10.8 Å². The smallest absolute Gasteiger partial charge is 0.323 e. The van der Waals surface area contributed by atoms with Crippen molar-refractivity contribution in [2.24, 2.45) is 17.6 Å². The molecule has 1 aliphatic rings. The van der Waals surface area contributed by atoms with Gasteiger partial charge in [0.15, 0.2) is 0 Å². The zero-order valence-corrected chi connectivity index (χ0v) is 7.24. The molecule has 0 aromatic rings. The van der Waals surface area contributed by atoms with Crippen molar-refractivity contribution in [3.63, 3.8) is 0 Å². The van der Waals surface area contributed by atoms with Gasteiger partial charge in [0.2, 0.25) is 0 Å². The molecular weight excluding hydrogens is 200 g/mol. The number of aliphatic carboxylic acids is 1. The van der Waals surface area contributed by atoms with E-state index in [9.17, 15) is 18.4 Å². The highest BCUT2D eigenvalue weighted by molar-refractivity contribution is 5.82. The Labute approximate surface area is 77.8 Å². The maximum absolute atomic E-state index is 12.8. The number of carbonyl (C=O) groups is 2. The Morgan fingerprint density at radius 1 is 1.57 bits per heavy atom. The van der Waals surface area contributed by atoms with Gasteiger partial charge in [0.25, 0.3) is 5.92 Å². The number of carboxylic acid groups (broad SMARTS) is 1. The first-order valence-corrected chi connectivity index (χ1v) is 3.78. The maximum Gasteiger partial charge on any atom is 0.323 e. The lowest BCUT2D eigenvalue weighted by Crippen LogP contribution is -2.36. The van der Waals surface area contributed by atoms with Gasteiger partial charge in [-0.1, -0.05) is 0 Å². The summed E-state index contributed by atoms with van der Waals surface area (Å²) in [7, 11) is 0.999. The molecule has 0 aromatic heterocycles. The highest BCUT2D eigenvalue weighted by atomic mass is 19.3. The standard InChI is InChI=1S/C7H9F2NO4/c1-14-6(13)4(10)2-3(5(11)12)7(2,8)9/h2-4H,10H2,1H3,(H,11,12). The molecule has 0 radical (unpaired) electrons. The first-order valence-electron chi connectivity index (χ1n) is 3.78. The number of carbonyl (C=O) groups excluding carboxylic acids is 1. The van der Waals surface area contributed by atoms with E-state index in [2.05, 4.69) is 4.74 Å². The molecule has 0 aromatic carbocycles. The lowest BCUT2D eigenvalue weighted by atomic mass is 10.1. The highest BCUT2D eigenvalue weighted by Crippen LogP contribution is 2.56. The van der Waals surface area contributed by atoms with Crippen molar-refractivity contribution in [1.82, 2.24) is 0 Å². The summed E-state index contributed by atoms with van der Waals surface area (Å²) in [6.45, 7) is 0. The van der Waals surface area contributed by atoms with Gasteiger partial charge >= 0.3 is 11.9 Å². The Bertz CT molecular complexity index is 281. The topological polar surface area (TPSA) is 89.6 Å². The number of hydrogen-bond donors (Lipinski definition) is 2. The summed E-state index contributed by atoms with van der Waals surface area (Å²) in [6, 6.07) is -1.59. The number of nitrogens with two attached hydrogens (primary N) is 1. The molecule has 80 valence electrons. The van der Waals surface area contributed by atoms with Crippen molar-refractivity contribution >= 4 is 11.9 Å². The highest BCUT2D eigenvalue weighted by Gasteiger charge is 2.75. The molecule has 0 amide bonds. The first-order chi connectivity index (χ1) is 6.34. The summed E-state index contributed by atoms with van der Waals surface area (Å²) < 4.78 is 29.7. The average Bonchev–Trinajstić information content (AvgIpc) is 2.66. The monoisotopic (exact) mass is 209 g/mol. The van der Waals surface area contributed by atoms with Crippen LogP contribution in [0, 0.1) is 11.8 Å². The quantitative estimate of drug-likeness (QED) is 0.609. The molecule has 5 nitrogen and oxygen atoms in total. The van der Waals surface area contributed by atoms with Crippen molar-refractivity contribution in [2.45, 2.75) is 12.0 Å². The fourth-order valence-corrected chi connectivity index (χ4v) is 1.40. The number of rotatable bonds is 3. The average molecular weight is 209 g/mol. The van der Waals surface area contributed by atoms with Gasteiger partial charge < -0.3 is 15.6 Å². The second kappa shape index (κ2) is 3.16. The minimum atomic E-state index is -3.42. The summed E-state index contributed by atoms with van der Waals surface area (Å²) in [6.07, 6.45) is 0. The van der Waals surface area contributed by atoms with Gasteiger partial charge in [-0.2, -0.15) is 0 Å². The normalized spacial score (nSPS) is 30.6. The number of alkyl halides is 2. The summed E-state index contributed by atoms with van der Waals surface area (Å²) in [5.74, 6) is -9.64. The van der Waals surface area contributed by atoms with Crippen molar-refractivity contribution < 1.29 is 28.2 Å². The summed E-state index contributed by atoms with van der Waals surface area (Å²) in [4.78, 5) is 21.1. The van der Waals surface area contributed by atoms with Crippen LogP contribution in [0.2, 0.25) is 0 Å². The lowest BCUT2D eigenvalue weighted by Gasteiger charge is -2.06. The molecule has 1 aliphatic carbocycles. The zero-order chi connectivity index (χ0) is 11.1. The van der Waals surface area contributed by atoms with Crippen molar-refractivity contribution in [2.75, 3.05) is 7.11 Å². The second-order valence-corrected chi connectivity index (χ2v) is 3.07. The summed E-state index contributed by atoms with van der Waals surface area (Å²) >= 11 is 0. The van der Waals surface area contributed by atoms with E-state index >= 15 is 0 Å². The van der Waals surface area contributed by atoms with Gasteiger partial charge in [0.1, 0.15) is 12.0 Å². The third kappa shape index (κ3) is 1.43. The van der Waals surface area contributed by atoms with Gasteiger partial charge in [-0.15, -0.1) is 0 Å². The molecule has 3 unspecified atom stereocenters. The minimum absolute atomic E-state index is 0.999. The van der Waals surface area contributed by atoms with Crippen molar-refractivity contribution in [1.29, 1.82) is 0 Å². The van der Waals surface area contributed by atoms with Gasteiger partial charge in [-0.25, -0.2) is 8.78 Å². The second-order valence-electron chi connectivity index (χ2n) is 3.07. The van der Waals surface area contributed by atoms with E-state index in [0.29, 0.717) is 0 Å². The third-order valence-electron chi connectivity index (χ3n) is 2.24. The number of carboxylic acids is 1. The van der Waals surface area contributed by atoms with E-state index in [1.54, 1.807) is 0 Å². The molecule has 1 fully saturated rings. The van der Waals surface area contributed by atoms with E-state index in [1.807, 2.05) is 0 Å². The molecule has 3 atom stereocenters. The van der Waals surface area contributed by atoms with Crippen LogP contribution in [0.15, 0.2) is 0 Å². The molecule has 0 bridgehead atoms. The van der Waals surface area contributed by atoms with Crippen LogP contribution in [0.4, 0.5) is 8.78 Å². The third-order valence-corrected chi connectivity index (χ3v) is 2.24. The molecule has 0 saturated heterocycles. The van der Waals surface area contributed by atoms with E-state index in [-0.39, 0.29) is 0 Å². The molecule has 1 rings (SSSR count). The van der Waals surface area contributed by atoms with E-state index < -0.39 is 35.7 Å². The molecule has 3 N–H and O–H groups in total. The van der Waals surface area contributed by atoms with Gasteiger partial charge in [-0.05, 0) is 0 Å². The number of hydrogen-bond acceptors (Lipinski definition) is 4. The van der Waals surface area contributed by atoms with E-state index in [0.717, 1.165) is 7.11 Å². The Morgan fingerprint density at radius 3 is 2.36 bits per heavy atom. The fourth-order valence-electron chi connectivity index (χ4n) is 1.40. The maximum atomic E-state index is 12.8. The Hall–Kier alpha value is -1.24. The van der Waals surface area contributed by atoms with Gasteiger partial charge in [-0.3, -0.25) is 9.59 Å². The van der Waals surface area contributed by atoms with Crippen LogP contribution in [0.3, 0.4) is 0 Å². The number of halogens is 2. The molecule has 14 heavy (non-hydrogen) atoms. The zero-order valence-electron chi connectivity index (χ0n) is 7.24. The molecule has 0 aliphatic heterocycles. The van der Waals surface area contributed by atoms with Crippen LogP contribution in [-0.4, -0.2) is 36.1 Å². The molecule has 1 saturated carbocycles. The molecule has 7 heteroatoms. The number of esters is 1. The Balaban J connectivity index is 2.73. The van der Waals surface area contributed by atoms with Crippen LogP contribution < -0.4 is 5.73 Å². The van der Waals surface area contributed by atoms with Crippen LogP contribution in [0.1, 0.15) is 0 Å². The summed E-state index contributed by atoms with van der Waals surface area (Å²) in [5, 5.41) is 8.37. The minimum Gasteiger partial charge on any atom is -0.481 e. The molecule has 0 heterocycles. The van der Waals surface area contributed by atoms with Crippen LogP contribution >= 0.6 is 0 Å². The fraction of sp³-hybridized carbons (Fsp3) is 0.714. The van der Waals surface area contributed by atoms with Crippen LogP contribution in [-0.2, 0) is 14.3 Å². The summed E-state index contributed by atoms with van der Waals surface area (Å²) in [5.41, 5.74) is 5.12. The predicted octanol–water partition coefficient (Wildman–Crippen LogP) is -0.547. The van der Waals surface area contributed by atoms with Crippen molar-refractivity contribution in [3.05, 3.63) is 0 Å². The van der Waals surface area contributed by atoms with Gasteiger partial charge in [0.05, 0.1) is 13.0 Å².